The van der Waals surface area contributed by atoms with Gasteiger partial charge in [-0.2, -0.15) is 5.10 Å². The summed E-state index contributed by atoms with van der Waals surface area (Å²) in [5.41, 5.74) is 4.04. The van der Waals surface area contributed by atoms with Gasteiger partial charge >= 0.3 is 12.1 Å². The number of aromatic nitrogens is 3. The molecule has 13 heteroatoms. The number of rotatable bonds is 9. The number of amides is 1. The van der Waals surface area contributed by atoms with Crippen LogP contribution in [0.1, 0.15) is 86.3 Å². The summed E-state index contributed by atoms with van der Waals surface area (Å²) < 4.78 is 25.0. The minimum absolute atomic E-state index is 0.154. The van der Waals surface area contributed by atoms with Crippen LogP contribution >= 0.6 is 0 Å². The maximum Gasteiger partial charge on any atom is 0.408 e. The van der Waals surface area contributed by atoms with E-state index in [-0.39, 0.29) is 12.4 Å². The molecule has 2 fully saturated rings. The Morgan fingerprint density at radius 2 is 1.88 bits per heavy atom. The molecule has 240 valence electrons. The number of hydrogen-bond donors (Lipinski definition) is 4. The molecule has 2 aromatic rings. The maximum atomic E-state index is 13.7. The standard InChI is InChI=1S/C30H47N5O8/c1-28(2,3)23(34-27(39)43-29(4,5)6)26(38)41-22-19(15-40-21(36)14-17-10-8-9-11-17)42-30(7,24(22)37)20-13-12-18-25(31)32-16-33-35(18)20/h12-13,16-17,19,21-24,36-37H,8-11,14-15H2,1-7H3,(H,34,39)(H2,31,32,33)/t19-,21?,22-,23-,24-,30+/m1/s1. The fourth-order valence-electron chi connectivity index (χ4n) is 5.84. The predicted octanol–water partition coefficient (Wildman–Crippen LogP) is 3.05. The van der Waals surface area contributed by atoms with Gasteiger partial charge in [-0.25, -0.2) is 19.1 Å². The number of nitrogens with one attached hydrogen (secondary N) is 1. The molecule has 13 nitrogen and oxygen atoms in total. The van der Waals surface area contributed by atoms with Crippen molar-refractivity contribution in [1.29, 1.82) is 0 Å². The number of alkyl carbamates (subject to hydrolysis) is 1. The number of nitrogens with zero attached hydrogens (tertiary/aromatic N) is 3. The Bertz CT molecular complexity index is 1280. The molecule has 3 heterocycles. The molecule has 5 N–H and O–H groups in total. The maximum absolute atomic E-state index is 13.7. The molecule has 0 aromatic carbocycles. The van der Waals surface area contributed by atoms with Crippen LogP contribution in [0.4, 0.5) is 10.6 Å². The summed E-state index contributed by atoms with van der Waals surface area (Å²) in [7, 11) is 0. The summed E-state index contributed by atoms with van der Waals surface area (Å²) in [5.74, 6) is -0.150. The van der Waals surface area contributed by atoms with E-state index in [2.05, 4.69) is 15.4 Å². The van der Waals surface area contributed by atoms with E-state index in [9.17, 15) is 19.8 Å². The lowest BCUT2D eigenvalue weighted by Gasteiger charge is -2.33. The third-order valence-electron chi connectivity index (χ3n) is 8.11. The van der Waals surface area contributed by atoms with Gasteiger partial charge in [-0.05, 0) is 51.2 Å². The highest BCUT2D eigenvalue weighted by Crippen LogP contribution is 2.42. The van der Waals surface area contributed by atoms with E-state index in [0.717, 1.165) is 25.7 Å². The van der Waals surface area contributed by atoms with Crippen LogP contribution in [-0.4, -0.2) is 79.7 Å². The summed E-state index contributed by atoms with van der Waals surface area (Å²) in [6.07, 6.45) is 0.773. The van der Waals surface area contributed by atoms with E-state index in [1.807, 2.05) is 0 Å². The fourth-order valence-corrected chi connectivity index (χ4v) is 5.84. The zero-order valence-corrected chi connectivity index (χ0v) is 26.2. The van der Waals surface area contributed by atoms with Crippen molar-refractivity contribution in [2.24, 2.45) is 11.3 Å². The van der Waals surface area contributed by atoms with Crippen LogP contribution < -0.4 is 11.1 Å². The summed E-state index contributed by atoms with van der Waals surface area (Å²) in [5, 5.41) is 29.3. The van der Waals surface area contributed by atoms with Crippen LogP contribution in [0, 0.1) is 11.3 Å². The zero-order chi connectivity index (χ0) is 31.7. The van der Waals surface area contributed by atoms with Gasteiger partial charge in [-0.3, -0.25) is 0 Å². The average Bonchev–Trinajstić information content (AvgIpc) is 3.61. The first kappa shape index (κ1) is 32.9. The zero-order valence-electron chi connectivity index (χ0n) is 26.2. The molecule has 1 aliphatic heterocycles. The molecule has 2 aliphatic rings. The number of anilines is 1. The number of carbonyl (C=O) groups is 2. The van der Waals surface area contributed by atoms with Gasteiger partial charge < -0.3 is 40.2 Å². The number of esters is 1. The molecule has 2 aromatic heterocycles. The quantitative estimate of drug-likeness (QED) is 0.244. The van der Waals surface area contributed by atoms with Crippen molar-refractivity contribution in [3.05, 3.63) is 24.2 Å². The van der Waals surface area contributed by atoms with Crippen LogP contribution in [-0.2, 0) is 29.3 Å². The van der Waals surface area contributed by atoms with Crippen LogP contribution in [0.25, 0.3) is 5.52 Å². The van der Waals surface area contributed by atoms with Gasteiger partial charge in [-0.15, -0.1) is 0 Å². The fraction of sp³-hybridized carbons (Fsp3) is 0.733. The van der Waals surface area contributed by atoms with Gasteiger partial charge in [0.15, 0.2) is 18.2 Å². The molecule has 1 aliphatic carbocycles. The van der Waals surface area contributed by atoms with E-state index in [1.54, 1.807) is 60.6 Å². The molecule has 1 saturated heterocycles. The minimum atomic E-state index is -1.42. The number of aliphatic hydroxyl groups is 2. The van der Waals surface area contributed by atoms with Crippen molar-refractivity contribution < 1.29 is 38.7 Å². The highest BCUT2D eigenvalue weighted by molar-refractivity contribution is 5.82. The monoisotopic (exact) mass is 605 g/mol. The molecule has 4 rings (SSSR count). The van der Waals surface area contributed by atoms with Gasteiger partial charge in [0.2, 0.25) is 0 Å². The van der Waals surface area contributed by atoms with Crippen molar-refractivity contribution in [1.82, 2.24) is 19.9 Å². The van der Waals surface area contributed by atoms with E-state index >= 15 is 0 Å². The van der Waals surface area contributed by atoms with Crippen molar-refractivity contribution in [2.75, 3.05) is 12.3 Å². The molecule has 43 heavy (non-hydrogen) atoms. The number of hydrogen-bond acceptors (Lipinski definition) is 11. The van der Waals surface area contributed by atoms with E-state index in [0.29, 0.717) is 23.5 Å². The third kappa shape index (κ3) is 7.57. The largest absolute Gasteiger partial charge is 0.455 e. The van der Waals surface area contributed by atoms with Gasteiger partial charge in [0, 0.05) is 6.42 Å². The SMILES string of the molecule is CC(C)(C)OC(=O)N[C@H](C(=O)O[C@H]1[C@@H](O)[C@](C)(c2ccc3c(N)ncnn23)O[C@@H]1COC(O)CC1CCCC1)C(C)(C)C. The second-order valence-electron chi connectivity index (χ2n) is 13.9. The second-order valence-corrected chi connectivity index (χ2v) is 13.9. The molecule has 0 spiro atoms. The Morgan fingerprint density at radius 1 is 1.21 bits per heavy atom. The van der Waals surface area contributed by atoms with Gasteiger partial charge in [0.05, 0.1) is 12.3 Å². The Balaban J connectivity index is 1.59. The van der Waals surface area contributed by atoms with Crippen LogP contribution in [0.2, 0.25) is 0 Å². The summed E-state index contributed by atoms with van der Waals surface area (Å²) in [6, 6.07) is 2.31. The molecule has 1 unspecified atom stereocenters. The third-order valence-corrected chi connectivity index (χ3v) is 8.11. The molecular weight excluding hydrogens is 558 g/mol. The number of nitrogens with two attached hydrogens (primary N) is 1. The Hall–Kier alpha value is -3.00. The van der Waals surface area contributed by atoms with Crippen LogP contribution in [0.3, 0.4) is 0 Å². The highest BCUT2D eigenvalue weighted by Gasteiger charge is 2.57. The number of aliphatic hydroxyl groups excluding tert-OH is 2. The van der Waals surface area contributed by atoms with Crippen molar-refractivity contribution in [3.63, 3.8) is 0 Å². The second kappa shape index (κ2) is 12.5. The predicted molar refractivity (Wildman–Crippen MR) is 157 cm³/mol. The molecule has 6 atom stereocenters. The van der Waals surface area contributed by atoms with Gasteiger partial charge in [-0.1, -0.05) is 46.5 Å². The molecule has 0 bridgehead atoms. The number of nitrogen functional groups attached to an aromatic ring is 1. The Kier molecular flexibility index (Phi) is 9.60. The smallest absolute Gasteiger partial charge is 0.408 e. The average molecular weight is 606 g/mol. The molecule has 1 amide bonds. The first-order valence-corrected chi connectivity index (χ1v) is 14.9. The van der Waals surface area contributed by atoms with Crippen LogP contribution in [0.5, 0.6) is 0 Å². The lowest BCUT2D eigenvalue weighted by molar-refractivity contribution is -0.172. The van der Waals surface area contributed by atoms with Crippen molar-refractivity contribution in [2.45, 2.75) is 122 Å². The van der Waals surface area contributed by atoms with Crippen LogP contribution in [0.15, 0.2) is 18.5 Å². The number of carbonyl (C=O) groups excluding carboxylic acids is 2. The topological polar surface area (TPSA) is 180 Å². The number of fused-ring (bicyclic) bond motifs is 1. The molecular formula is C30H47N5O8. The molecule has 1 saturated carbocycles. The first-order chi connectivity index (χ1) is 20.0. The Morgan fingerprint density at radius 3 is 2.51 bits per heavy atom. The Labute approximate surface area is 252 Å². The normalized spacial score (nSPS) is 26.4. The van der Waals surface area contributed by atoms with E-state index in [1.165, 1.54) is 10.8 Å². The van der Waals surface area contributed by atoms with Gasteiger partial charge in [0.1, 0.15) is 41.3 Å². The number of ether oxygens (including phenoxy) is 4. The first-order valence-electron chi connectivity index (χ1n) is 14.9. The lowest BCUT2D eigenvalue weighted by atomic mass is 9.86. The summed E-state index contributed by atoms with van der Waals surface area (Å²) in [4.78, 5) is 30.3. The van der Waals surface area contributed by atoms with E-state index < -0.39 is 59.3 Å². The minimum Gasteiger partial charge on any atom is -0.455 e. The summed E-state index contributed by atoms with van der Waals surface area (Å²) in [6.45, 7) is 12.0. The van der Waals surface area contributed by atoms with Crippen molar-refractivity contribution >= 4 is 23.4 Å². The molecule has 0 radical (unpaired) electrons. The van der Waals surface area contributed by atoms with Gasteiger partial charge in [0.25, 0.3) is 0 Å². The van der Waals surface area contributed by atoms with E-state index in [4.69, 9.17) is 24.7 Å². The lowest BCUT2D eigenvalue weighted by Crippen LogP contribution is -2.53. The van der Waals surface area contributed by atoms with Crippen molar-refractivity contribution in [3.8, 4) is 0 Å². The summed E-state index contributed by atoms with van der Waals surface area (Å²) >= 11 is 0. The highest BCUT2D eigenvalue weighted by atomic mass is 16.6.